The first-order valence-corrected chi connectivity index (χ1v) is 5.13. The van der Waals surface area contributed by atoms with Crippen LogP contribution in [0.15, 0.2) is 0 Å². The van der Waals surface area contributed by atoms with Gasteiger partial charge in [-0.25, -0.2) is 0 Å². The Balaban J connectivity index is 4.88. The maximum Gasteiger partial charge on any atom is 0.514 e. The van der Waals surface area contributed by atoms with Crippen LogP contribution in [0, 0.1) is 0 Å². The van der Waals surface area contributed by atoms with Gasteiger partial charge in [-0.3, -0.25) is 0 Å². The molecule has 0 aliphatic rings. The van der Waals surface area contributed by atoms with E-state index in [1.165, 1.54) is 0 Å². The Bertz CT molecular complexity index is 201. The lowest BCUT2D eigenvalue weighted by Crippen LogP contribution is -3.99. The number of alkyl halides is 7. The van der Waals surface area contributed by atoms with E-state index in [0.29, 0.717) is 0 Å². The Labute approximate surface area is 80.5 Å². The summed E-state index contributed by atoms with van der Waals surface area (Å²) in [6.07, 6.45) is -12.7. The SMILES string of the molecule is [O-][I+2]([O-])OC(F)(F)C(F)(F)C(F)(F)F. The first-order chi connectivity index (χ1) is 5.92. The molecule has 0 fully saturated rings. The summed E-state index contributed by atoms with van der Waals surface area (Å²) >= 11 is -5.36. The van der Waals surface area contributed by atoms with Gasteiger partial charge in [0.25, 0.3) is 0 Å². The van der Waals surface area contributed by atoms with Gasteiger partial charge in [0.15, 0.2) is 0 Å². The van der Waals surface area contributed by atoms with Gasteiger partial charge in [0.05, 0.1) is 3.07 Å². The molecule has 0 aliphatic heterocycles. The average molecular weight is 344 g/mol. The quantitative estimate of drug-likeness (QED) is 0.402. The molecule has 0 saturated carbocycles. The van der Waals surface area contributed by atoms with Crippen LogP contribution in [0.5, 0.6) is 0 Å². The molecule has 0 amide bonds. The van der Waals surface area contributed by atoms with Crippen LogP contribution in [-0.4, -0.2) is 18.2 Å². The minimum absolute atomic E-state index is 2.27. The standard InChI is InChI=1S/C3F7IO3/c4-1(5,2(6,7)8)3(9,10)14-11(12)13. The van der Waals surface area contributed by atoms with Gasteiger partial charge in [-0.1, -0.05) is 0 Å². The Hall–Kier alpha value is 0.120. The first kappa shape index (κ1) is 14.1. The van der Waals surface area contributed by atoms with Crippen molar-refractivity contribution in [2.24, 2.45) is 0 Å². The van der Waals surface area contributed by atoms with Crippen molar-refractivity contribution in [1.29, 1.82) is 0 Å². The fourth-order valence-corrected chi connectivity index (χ4v) is 1.02. The molecule has 0 saturated heterocycles. The molecule has 0 aromatic heterocycles. The van der Waals surface area contributed by atoms with Gasteiger partial charge in [-0.2, -0.15) is 30.7 Å². The molecule has 0 atom stereocenters. The van der Waals surface area contributed by atoms with E-state index < -0.39 is 39.3 Å². The summed E-state index contributed by atoms with van der Waals surface area (Å²) in [4.78, 5) is 0. The molecular formula is C3F7IO3. The van der Waals surface area contributed by atoms with Gasteiger partial charge in [-0.05, 0) is 0 Å². The fourth-order valence-electron chi connectivity index (χ4n) is 0.293. The van der Waals surface area contributed by atoms with Crippen LogP contribution >= 0.6 is 0 Å². The third kappa shape index (κ3) is 2.80. The molecule has 14 heavy (non-hydrogen) atoms. The predicted molar refractivity (Wildman–Crippen MR) is 17.0 cm³/mol. The largest absolute Gasteiger partial charge is 0.514 e. The predicted octanol–water partition coefficient (Wildman–Crippen LogP) is -3.12. The number of hydrogen-bond acceptors (Lipinski definition) is 3. The summed E-state index contributed by atoms with van der Waals surface area (Å²) in [6, 6.07) is 0. The third-order valence-corrected chi connectivity index (χ3v) is 1.79. The van der Waals surface area contributed by atoms with Gasteiger partial charge in [-0.15, -0.1) is 0 Å². The summed E-state index contributed by atoms with van der Waals surface area (Å²) in [6.45, 7) is 0. The maximum absolute atomic E-state index is 11.9. The van der Waals surface area contributed by atoms with Crippen molar-refractivity contribution in [2.45, 2.75) is 18.2 Å². The Morgan fingerprint density at radius 2 is 1.21 bits per heavy atom. The van der Waals surface area contributed by atoms with Gasteiger partial charge in [0, 0.05) is 0 Å². The maximum atomic E-state index is 11.9. The lowest BCUT2D eigenvalue weighted by atomic mass is 10.3. The molecule has 0 bridgehead atoms. The Morgan fingerprint density at radius 3 is 1.43 bits per heavy atom. The second-order valence-electron chi connectivity index (χ2n) is 1.86. The van der Waals surface area contributed by atoms with E-state index in [1.807, 2.05) is 0 Å². The molecule has 3 nitrogen and oxygen atoms in total. The van der Waals surface area contributed by atoms with Gasteiger partial charge in [0.2, 0.25) is 0 Å². The lowest BCUT2D eigenvalue weighted by Gasteiger charge is -2.22. The first-order valence-electron chi connectivity index (χ1n) is 2.49. The van der Waals surface area contributed by atoms with Crippen LogP contribution in [0.4, 0.5) is 30.7 Å². The fraction of sp³-hybridized carbons (Fsp3) is 1.00. The molecule has 0 rings (SSSR count). The molecular weight excluding hydrogens is 344 g/mol. The topological polar surface area (TPSA) is 55.3 Å². The van der Waals surface area contributed by atoms with Crippen molar-refractivity contribution < 1.29 is 61.7 Å². The second-order valence-corrected chi connectivity index (χ2v) is 3.37. The summed E-state index contributed by atoms with van der Waals surface area (Å²) in [7, 11) is 0. The molecule has 0 aromatic rings. The monoisotopic (exact) mass is 344 g/mol. The smallest absolute Gasteiger partial charge is 0.396 e. The minimum Gasteiger partial charge on any atom is -0.396 e. The van der Waals surface area contributed by atoms with E-state index in [9.17, 15) is 37.6 Å². The average Bonchev–Trinajstić information content (AvgIpc) is 1.80. The zero-order valence-electron chi connectivity index (χ0n) is 5.75. The lowest BCUT2D eigenvalue weighted by molar-refractivity contribution is -1.63. The van der Waals surface area contributed by atoms with Crippen molar-refractivity contribution >= 4 is 0 Å². The molecule has 0 unspecified atom stereocenters. The van der Waals surface area contributed by atoms with E-state index in [-0.39, 0.29) is 0 Å². The van der Waals surface area contributed by atoms with Gasteiger partial charge < -0.3 is 6.87 Å². The Kier molecular flexibility index (Phi) is 3.97. The minimum atomic E-state index is -6.59. The van der Waals surface area contributed by atoms with Crippen molar-refractivity contribution in [1.82, 2.24) is 0 Å². The zero-order chi connectivity index (χ0) is 11.8. The highest BCUT2D eigenvalue weighted by Gasteiger charge is 2.79. The van der Waals surface area contributed by atoms with Crippen molar-refractivity contribution in [3.8, 4) is 0 Å². The Morgan fingerprint density at radius 1 is 0.857 bits per heavy atom. The summed E-state index contributed by atoms with van der Waals surface area (Å²) in [5, 5.41) is 0. The summed E-state index contributed by atoms with van der Waals surface area (Å²) in [5.41, 5.74) is 0. The normalized spacial score (nSPS) is 15.0. The highest BCUT2D eigenvalue weighted by atomic mass is 127. The van der Waals surface area contributed by atoms with E-state index in [4.69, 9.17) is 0 Å². The summed E-state index contributed by atoms with van der Waals surface area (Å²) in [5.74, 6) is -6.55. The third-order valence-electron chi connectivity index (χ3n) is 0.881. The second kappa shape index (κ2) is 3.94. The number of hydrogen-bond donors (Lipinski definition) is 0. The van der Waals surface area contributed by atoms with E-state index >= 15 is 0 Å². The molecule has 0 aliphatic carbocycles. The van der Waals surface area contributed by atoms with E-state index in [0.717, 1.165) is 0 Å². The van der Waals surface area contributed by atoms with Crippen molar-refractivity contribution in [3.05, 3.63) is 0 Å². The van der Waals surface area contributed by atoms with Crippen molar-refractivity contribution in [2.75, 3.05) is 0 Å². The van der Waals surface area contributed by atoms with Crippen LogP contribution in [-0.2, 0) is 3.07 Å². The molecule has 0 radical (unpaired) electrons. The molecule has 11 heteroatoms. The molecule has 86 valence electrons. The summed E-state index contributed by atoms with van der Waals surface area (Å²) < 4.78 is 103. The van der Waals surface area contributed by atoms with Crippen LogP contribution in [0.3, 0.4) is 0 Å². The van der Waals surface area contributed by atoms with Crippen LogP contribution < -0.4 is 27.9 Å². The van der Waals surface area contributed by atoms with Crippen LogP contribution in [0.2, 0.25) is 0 Å². The van der Waals surface area contributed by atoms with Gasteiger partial charge >= 0.3 is 39.3 Å². The van der Waals surface area contributed by atoms with E-state index in [2.05, 4.69) is 3.07 Å². The number of halogens is 8. The van der Waals surface area contributed by atoms with E-state index in [1.54, 1.807) is 0 Å². The number of rotatable bonds is 3. The molecule has 0 spiro atoms. The van der Waals surface area contributed by atoms with Gasteiger partial charge in [0.1, 0.15) is 0 Å². The highest BCUT2D eigenvalue weighted by Crippen LogP contribution is 2.45. The molecule has 0 heterocycles. The zero-order valence-corrected chi connectivity index (χ0v) is 7.91. The van der Waals surface area contributed by atoms with Crippen LogP contribution in [0.1, 0.15) is 0 Å². The molecule has 0 N–H and O–H groups in total. The molecule has 0 aromatic carbocycles. The van der Waals surface area contributed by atoms with Crippen LogP contribution in [0.25, 0.3) is 0 Å². The highest BCUT2D eigenvalue weighted by molar-refractivity contribution is 4.83. The van der Waals surface area contributed by atoms with Crippen molar-refractivity contribution in [3.63, 3.8) is 0 Å².